The predicted octanol–water partition coefficient (Wildman–Crippen LogP) is 6.16. The first-order chi connectivity index (χ1) is 17.4. The molecular weight excluding hydrogens is 494 g/mol. The second kappa shape index (κ2) is 13.3. The first-order valence-electron chi connectivity index (χ1n) is 13.4. The number of fused-ring (bicyclic) bond motifs is 1. The van der Waals surface area contributed by atoms with Crippen LogP contribution in [-0.4, -0.2) is 58.7 Å². The number of hydrogen-bond acceptors (Lipinski definition) is 6. The highest BCUT2D eigenvalue weighted by Crippen LogP contribution is 2.37. The third-order valence-corrected chi connectivity index (χ3v) is 9.68. The average Bonchev–Trinajstić information content (AvgIpc) is 2.88. The Kier molecular flexibility index (Phi) is 10.2. The van der Waals surface area contributed by atoms with E-state index in [2.05, 4.69) is 21.6 Å². The number of thioether (sulfide) groups is 1. The first kappa shape index (κ1) is 27.5. The lowest BCUT2D eigenvalue weighted by molar-refractivity contribution is -0.139. The summed E-state index contributed by atoms with van der Waals surface area (Å²) in [5.74, 6) is 1.71. The summed E-state index contributed by atoms with van der Waals surface area (Å²) in [5, 5.41) is 11.9. The monoisotopic (exact) mass is 533 g/mol. The zero-order valence-corrected chi connectivity index (χ0v) is 22.9. The maximum absolute atomic E-state index is 11.7. The molecule has 2 aliphatic rings. The van der Waals surface area contributed by atoms with Crippen molar-refractivity contribution in [3.63, 3.8) is 0 Å². The van der Waals surface area contributed by atoms with Crippen LogP contribution in [-0.2, 0) is 4.79 Å². The second-order valence-electron chi connectivity index (χ2n) is 10.4. The number of ether oxygens (including phenoxy) is 1. The summed E-state index contributed by atoms with van der Waals surface area (Å²) in [6, 6.07) is 5.51. The van der Waals surface area contributed by atoms with Gasteiger partial charge in [-0.25, -0.2) is 0 Å². The van der Waals surface area contributed by atoms with E-state index in [1.807, 2.05) is 18.2 Å². The van der Waals surface area contributed by atoms with Crippen LogP contribution in [0.2, 0.25) is 5.02 Å². The van der Waals surface area contributed by atoms with Crippen molar-refractivity contribution in [2.75, 3.05) is 32.5 Å². The van der Waals surface area contributed by atoms with Gasteiger partial charge in [0.1, 0.15) is 5.75 Å². The normalized spacial score (nSPS) is 22.5. The van der Waals surface area contributed by atoms with Gasteiger partial charge in [-0.15, -0.1) is 0 Å². The molecule has 0 radical (unpaired) electrons. The molecule has 0 amide bonds. The van der Waals surface area contributed by atoms with Crippen LogP contribution in [0.15, 0.2) is 24.4 Å². The summed E-state index contributed by atoms with van der Waals surface area (Å²) in [6.45, 7) is 2.97. The van der Waals surface area contributed by atoms with Crippen LogP contribution in [0.25, 0.3) is 10.9 Å². The van der Waals surface area contributed by atoms with E-state index >= 15 is 0 Å². The van der Waals surface area contributed by atoms with Crippen LogP contribution in [0.3, 0.4) is 0 Å². The largest absolute Gasteiger partial charge is 0.497 e. The number of rotatable bonds is 11. The molecule has 198 valence electrons. The maximum Gasteiger partial charge on any atom is 0.303 e. The van der Waals surface area contributed by atoms with Crippen molar-refractivity contribution in [1.29, 1.82) is 0 Å². The van der Waals surface area contributed by atoms with Crippen molar-refractivity contribution in [2.24, 2.45) is 17.6 Å². The molecule has 3 atom stereocenters. The fraction of sp³-hybridized carbons (Fsp3) is 0.643. The number of nitrogens with zero attached hydrogens (tertiary/aromatic N) is 2. The highest BCUT2D eigenvalue weighted by Gasteiger charge is 2.31. The molecule has 0 spiro atoms. The Morgan fingerprint density at radius 1 is 1.28 bits per heavy atom. The molecule has 6 nitrogen and oxygen atoms in total. The molecule has 1 aromatic heterocycles. The Hall–Kier alpha value is -1.54. The number of methoxy groups -OCH3 is 1. The Morgan fingerprint density at radius 3 is 2.83 bits per heavy atom. The number of carboxylic acid groups (broad SMARTS) is 1. The summed E-state index contributed by atoms with van der Waals surface area (Å²) in [6.07, 6.45) is 11.4. The summed E-state index contributed by atoms with van der Waals surface area (Å²) in [4.78, 5) is 18.6. The van der Waals surface area contributed by atoms with Crippen molar-refractivity contribution in [3.05, 3.63) is 35.0 Å². The second-order valence-corrected chi connectivity index (χ2v) is 12.2. The van der Waals surface area contributed by atoms with Gasteiger partial charge in [-0.1, -0.05) is 30.9 Å². The van der Waals surface area contributed by atoms with Gasteiger partial charge in [0.05, 0.1) is 17.6 Å². The van der Waals surface area contributed by atoms with Crippen LogP contribution in [0, 0.1) is 11.8 Å². The molecule has 1 saturated carbocycles. The lowest BCUT2D eigenvalue weighted by Crippen LogP contribution is -2.42. The molecule has 2 heterocycles. The van der Waals surface area contributed by atoms with Gasteiger partial charge in [-0.05, 0) is 74.2 Å². The number of pyridine rings is 1. The van der Waals surface area contributed by atoms with Gasteiger partial charge in [0.25, 0.3) is 0 Å². The fourth-order valence-corrected chi connectivity index (χ4v) is 7.64. The van der Waals surface area contributed by atoms with E-state index in [1.165, 1.54) is 32.1 Å². The van der Waals surface area contributed by atoms with Crippen LogP contribution >= 0.6 is 23.4 Å². The van der Waals surface area contributed by atoms with Gasteiger partial charge in [-0.3, -0.25) is 9.78 Å². The minimum atomic E-state index is -0.706. The van der Waals surface area contributed by atoms with Gasteiger partial charge < -0.3 is 20.5 Å². The topological polar surface area (TPSA) is 88.7 Å². The third-order valence-electron chi connectivity index (χ3n) is 8.01. The summed E-state index contributed by atoms with van der Waals surface area (Å²) < 4.78 is 5.40. The van der Waals surface area contributed by atoms with Crippen molar-refractivity contribution >= 4 is 40.2 Å². The van der Waals surface area contributed by atoms with E-state index in [9.17, 15) is 9.90 Å². The number of benzene rings is 1. The average molecular weight is 534 g/mol. The lowest BCUT2D eigenvalue weighted by atomic mass is 9.79. The third kappa shape index (κ3) is 7.27. The van der Waals surface area contributed by atoms with E-state index in [0.29, 0.717) is 10.9 Å². The number of hydrogen-bond donors (Lipinski definition) is 2. The Morgan fingerprint density at radius 2 is 2.08 bits per heavy atom. The Bertz CT molecular complexity index is 1020. The molecule has 1 aromatic carbocycles. The van der Waals surface area contributed by atoms with E-state index in [4.69, 9.17) is 22.1 Å². The van der Waals surface area contributed by atoms with Crippen molar-refractivity contribution in [2.45, 2.75) is 69.1 Å². The number of carboxylic acids is 1. The minimum Gasteiger partial charge on any atom is -0.497 e. The number of aromatic nitrogens is 1. The summed E-state index contributed by atoms with van der Waals surface area (Å²) in [5.41, 5.74) is 8.44. The number of carbonyl (C=O) groups is 1. The lowest BCUT2D eigenvalue weighted by Gasteiger charge is -2.38. The molecule has 0 bridgehead atoms. The quantitative estimate of drug-likeness (QED) is 0.357. The number of nitrogens with two attached hydrogens (primary N) is 1. The number of piperidine rings is 1. The smallest absolute Gasteiger partial charge is 0.303 e. The van der Waals surface area contributed by atoms with E-state index in [1.54, 1.807) is 13.3 Å². The summed E-state index contributed by atoms with van der Waals surface area (Å²) >= 11 is 8.69. The highest BCUT2D eigenvalue weighted by atomic mass is 35.5. The van der Waals surface area contributed by atoms with E-state index < -0.39 is 5.97 Å². The van der Waals surface area contributed by atoms with Crippen LogP contribution in [0.4, 0.5) is 0 Å². The zero-order valence-electron chi connectivity index (χ0n) is 21.3. The highest BCUT2D eigenvalue weighted by molar-refractivity contribution is 7.99. The van der Waals surface area contributed by atoms with E-state index in [-0.39, 0.29) is 18.4 Å². The van der Waals surface area contributed by atoms with Gasteiger partial charge >= 0.3 is 5.97 Å². The van der Waals surface area contributed by atoms with Crippen molar-refractivity contribution < 1.29 is 14.6 Å². The number of aliphatic carboxylic acids is 1. The Labute approximate surface area is 224 Å². The molecule has 1 saturated heterocycles. The molecule has 1 aliphatic heterocycles. The van der Waals surface area contributed by atoms with E-state index in [0.717, 1.165) is 72.1 Å². The van der Waals surface area contributed by atoms with Crippen LogP contribution in [0.1, 0.15) is 69.4 Å². The van der Waals surface area contributed by atoms with Crippen molar-refractivity contribution in [1.82, 2.24) is 9.88 Å². The van der Waals surface area contributed by atoms with Gasteiger partial charge in [0, 0.05) is 48.1 Å². The Balaban J connectivity index is 1.35. The maximum atomic E-state index is 11.7. The predicted molar refractivity (Wildman–Crippen MR) is 149 cm³/mol. The molecular formula is C28H40ClN3O3S. The van der Waals surface area contributed by atoms with Gasteiger partial charge in [-0.2, -0.15) is 11.8 Å². The van der Waals surface area contributed by atoms with Gasteiger partial charge in [0.15, 0.2) is 0 Å². The minimum absolute atomic E-state index is 0.160. The SMILES string of the molecule is COc1ccc2ncc(Cl)c(C(N)CCC3CCN(CCSC4CCCCC4)CC3CC(=O)O)c2c1. The number of halogens is 1. The summed E-state index contributed by atoms with van der Waals surface area (Å²) in [7, 11) is 1.64. The molecule has 2 aromatic rings. The molecule has 3 unspecified atom stereocenters. The zero-order chi connectivity index (χ0) is 25.5. The number of likely N-dealkylation sites (tertiary alicyclic amines) is 1. The standard InChI is InChI=1S/C28H40ClN3O3S/c1-35-21-8-10-26-23(16-21)28(24(29)17-31-26)25(30)9-7-19-11-12-32(18-20(19)15-27(33)34)13-14-36-22-5-3-2-4-6-22/h8,10,16-17,19-20,22,25H,2-7,9,11-15,18,30H2,1H3,(H,33,34). The molecule has 1 aliphatic carbocycles. The molecule has 3 N–H and O–H groups in total. The van der Waals surface area contributed by atoms with Gasteiger partial charge in [0.2, 0.25) is 0 Å². The fourth-order valence-electron chi connectivity index (χ4n) is 5.98. The van der Waals surface area contributed by atoms with Crippen LogP contribution < -0.4 is 10.5 Å². The first-order valence-corrected chi connectivity index (χ1v) is 14.8. The van der Waals surface area contributed by atoms with Crippen molar-refractivity contribution in [3.8, 4) is 5.75 Å². The molecule has 4 rings (SSSR count). The molecule has 8 heteroatoms. The van der Waals surface area contributed by atoms with Crippen LogP contribution in [0.5, 0.6) is 5.75 Å². The molecule has 2 fully saturated rings. The molecule has 36 heavy (non-hydrogen) atoms.